The quantitative estimate of drug-likeness (QED) is 0.589. The molecule has 4 nitrogen and oxygen atoms in total. The normalized spacial score (nSPS) is 10.8. The van der Waals surface area contributed by atoms with E-state index in [1.165, 1.54) is 6.07 Å². The van der Waals surface area contributed by atoms with Crippen molar-refractivity contribution in [2.24, 2.45) is 0 Å². The van der Waals surface area contributed by atoms with Gasteiger partial charge < -0.3 is 15.3 Å². The molecule has 0 saturated carbocycles. The van der Waals surface area contributed by atoms with Crippen LogP contribution >= 0.6 is 35.4 Å². The molecule has 0 unspecified atom stereocenters. The van der Waals surface area contributed by atoms with Gasteiger partial charge in [0.05, 0.1) is 21.6 Å². The van der Waals surface area contributed by atoms with Crippen molar-refractivity contribution in [1.82, 2.24) is 9.97 Å². The summed E-state index contributed by atoms with van der Waals surface area (Å²) in [7, 11) is 0. The fourth-order valence-corrected chi connectivity index (χ4v) is 2.70. The molecule has 3 rings (SSSR count). The number of amides is 1. The van der Waals surface area contributed by atoms with Crippen molar-refractivity contribution < 1.29 is 4.79 Å². The summed E-state index contributed by atoms with van der Waals surface area (Å²) in [6.07, 6.45) is 0. The molecule has 0 aliphatic rings. The van der Waals surface area contributed by atoms with Gasteiger partial charge in [-0.25, -0.2) is 0 Å². The van der Waals surface area contributed by atoms with Crippen molar-refractivity contribution in [3.05, 3.63) is 56.8 Å². The lowest BCUT2D eigenvalue weighted by Crippen LogP contribution is -2.12. The first kappa shape index (κ1) is 14.1. The molecule has 0 bridgehead atoms. The van der Waals surface area contributed by atoms with Crippen molar-refractivity contribution in [1.29, 1.82) is 0 Å². The van der Waals surface area contributed by atoms with Gasteiger partial charge in [-0.05, 0) is 48.6 Å². The number of hydrogen-bond acceptors (Lipinski definition) is 2. The van der Waals surface area contributed by atoms with E-state index in [9.17, 15) is 4.79 Å². The molecule has 1 amide bonds. The van der Waals surface area contributed by atoms with E-state index in [0.717, 1.165) is 11.0 Å². The molecule has 0 radical (unpaired) electrons. The number of aromatic amines is 2. The summed E-state index contributed by atoms with van der Waals surface area (Å²) in [6.45, 7) is 0. The number of rotatable bonds is 2. The van der Waals surface area contributed by atoms with Gasteiger partial charge in [-0.1, -0.05) is 23.2 Å². The van der Waals surface area contributed by atoms with Crippen LogP contribution in [-0.4, -0.2) is 15.9 Å². The lowest BCUT2D eigenvalue weighted by Gasteiger charge is -2.07. The van der Waals surface area contributed by atoms with Crippen LogP contribution in [0.5, 0.6) is 0 Å². The number of H-pyrrole nitrogens is 2. The lowest BCUT2D eigenvalue weighted by molar-refractivity contribution is 0.102. The van der Waals surface area contributed by atoms with Crippen LogP contribution in [0.25, 0.3) is 11.0 Å². The number of aromatic nitrogens is 2. The fraction of sp³-hybridized carbons (Fsp3) is 0. The van der Waals surface area contributed by atoms with Crippen LogP contribution in [0, 0.1) is 4.77 Å². The minimum Gasteiger partial charge on any atom is -0.331 e. The highest BCUT2D eigenvalue weighted by atomic mass is 35.5. The molecule has 0 aliphatic carbocycles. The van der Waals surface area contributed by atoms with Crippen LogP contribution < -0.4 is 5.32 Å². The van der Waals surface area contributed by atoms with Crippen molar-refractivity contribution in [2.45, 2.75) is 0 Å². The summed E-state index contributed by atoms with van der Waals surface area (Å²) in [5, 5.41) is 3.58. The van der Waals surface area contributed by atoms with Gasteiger partial charge in [0.25, 0.3) is 5.91 Å². The van der Waals surface area contributed by atoms with Crippen LogP contribution in [0.15, 0.2) is 36.4 Å². The molecular formula is C14H9Cl2N3OS. The highest BCUT2D eigenvalue weighted by molar-refractivity contribution is 7.71. The number of halogens is 2. The maximum Gasteiger partial charge on any atom is 0.257 e. The number of carbonyl (C=O) groups excluding carboxylic acids is 1. The van der Waals surface area contributed by atoms with Gasteiger partial charge in [0.2, 0.25) is 0 Å². The Morgan fingerprint density at radius 2 is 1.81 bits per heavy atom. The largest absolute Gasteiger partial charge is 0.331 e. The zero-order valence-electron chi connectivity index (χ0n) is 10.5. The predicted octanol–water partition coefficient (Wildman–Crippen LogP) is 4.78. The second-order valence-electron chi connectivity index (χ2n) is 4.42. The SMILES string of the molecule is O=C(Nc1ccc2[nH]c(=S)[nH]c2c1)c1ccc(Cl)cc1Cl. The van der Waals surface area contributed by atoms with Crippen LogP contribution in [0.3, 0.4) is 0 Å². The first-order valence-electron chi connectivity index (χ1n) is 6.01. The number of nitrogens with one attached hydrogen (secondary N) is 3. The van der Waals surface area contributed by atoms with Crippen LogP contribution in [0.2, 0.25) is 10.0 Å². The second kappa shape index (κ2) is 5.52. The molecule has 106 valence electrons. The molecule has 0 saturated heterocycles. The lowest BCUT2D eigenvalue weighted by atomic mass is 10.2. The van der Waals surface area contributed by atoms with E-state index in [4.69, 9.17) is 35.4 Å². The van der Waals surface area contributed by atoms with Crippen LogP contribution in [0.1, 0.15) is 10.4 Å². The Morgan fingerprint density at radius 1 is 1.05 bits per heavy atom. The molecule has 2 aromatic carbocycles. The molecule has 3 aromatic rings. The van der Waals surface area contributed by atoms with E-state index in [0.29, 0.717) is 26.1 Å². The number of fused-ring (bicyclic) bond motifs is 1. The van der Waals surface area contributed by atoms with Gasteiger partial charge in [0.15, 0.2) is 4.77 Å². The van der Waals surface area contributed by atoms with Crippen molar-refractivity contribution in [2.75, 3.05) is 5.32 Å². The average Bonchev–Trinajstić information content (AvgIpc) is 2.77. The maximum atomic E-state index is 12.2. The number of carbonyl (C=O) groups is 1. The second-order valence-corrected chi connectivity index (χ2v) is 5.67. The summed E-state index contributed by atoms with van der Waals surface area (Å²) in [4.78, 5) is 18.2. The summed E-state index contributed by atoms with van der Waals surface area (Å²) in [5.41, 5.74) is 2.70. The van der Waals surface area contributed by atoms with E-state index in [-0.39, 0.29) is 5.91 Å². The molecule has 0 aliphatic heterocycles. The highest BCUT2D eigenvalue weighted by Gasteiger charge is 2.11. The smallest absolute Gasteiger partial charge is 0.257 e. The first-order valence-corrected chi connectivity index (χ1v) is 7.18. The van der Waals surface area contributed by atoms with Gasteiger partial charge in [-0.15, -0.1) is 0 Å². The Balaban J connectivity index is 1.90. The summed E-state index contributed by atoms with van der Waals surface area (Å²) < 4.78 is 0.536. The zero-order chi connectivity index (χ0) is 15.0. The van der Waals surface area contributed by atoms with E-state index >= 15 is 0 Å². The van der Waals surface area contributed by atoms with E-state index in [1.807, 2.05) is 6.07 Å². The molecule has 0 spiro atoms. The third kappa shape index (κ3) is 2.95. The number of hydrogen-bond donors (Lipinski definition) is 3. The predicted molar refractivity (Wildman–Crippen MR) is 87.9 cm³/mol. The van der Waals surface area contributed by atoms with Crippen molar-refractivity contribution >= 4 is 58.0 Å². The van der Waals surface area contributed by atoms with Gasteiger partial charge in [0.1, 0.15) is 0 Å². The Labute approximate surface area is 135 Å². The molecular weight excluding hydrogens is 329 g/mol. The third-order valence-corrected chi connectivity index (χ3v) is 3.70. The maximum absolute atomic E-state index is 12.2. The first-order chi connectivity index (χ1) is 10.0. The molecule has 1 aromatic heterocycles. The number of anilines is 1. The van der Waals surface area contributed by atoms with Gasteiger partial charge >= 0.3 is 0 Å². The molecule has 21 heavy (non-hydrogen) atoms. The molecule has 7 heteroatoms. The molecule has 0 atom stereocenters. The van der Waals surface area contributed by atoms with Crippen molar-refractivity contribution in [3.8, 4) is 0 Å². The minimum absolute atomic E-state index is 0.301. The highest BCUT2D eigenvalue weighted by Crippen LogP contribution is 2.23. The zero-order valence-corrected chi connectivity index (χ0v) is 12.9. The topological polar surface area (TPSA) is 60.7 Å². The third-order valence-electron chi connectivity index (χ3n) is 2.95. The van der Waals surface area contributed by atoms with Crippen LogP contribution in [0.4, 0.5) is 5.69 Å². The molecule has 3 N–H and O–H groups in total. The van der Waals surface area contributed by atoms with Crippen LogP contribution in [-0.2, 0) is 0 Å². The fourth-order valence-electron chi connectivity index (χ4n) is 1.98. The monoisotopic (exact) mass is 337 g/mol. The van der Waals surface area contributed by atoms with Gasteiger partial charge in [0, 0.05) is 10.7 Å². The Bertz CT molecular complexity index is 901. The van der Waals surface area contributed by atoms with E-state index < -0.39 is 0 Å². The summed E-state index contributed by atoms with van der Waals surface area (Å²) in [5.74, 6) is -0.301. The molecule has 1 heterocycles. The van der Waals surface area contributed by atoms with E-state index in [2.05, 4.69) is 15.3 Å². The summed E-state index contributed by atoms with van der Waals surface area (Å²) >= 11 is 16.9. The Morgan fingerprint density at radius 3 is 2.57 bits per heavy atom. The van der Waals surface area contributed by atoms with Gasteiger partial charge in [-0.2, -0.15) is 0 Å². The van der Waals surface area contributed by atoms with Gasteiger partial charge in [-0.3, -0.25) is 4.79 Å². The number of benzene rings is 2. The number of imidazole rings is 1. The Kier molecular flexibility index (Phi) is 3.71. The standard InChI is InChI=1S/C14H9Cl2N3OS/c15-7-1-3-9(10(16)5-7)13(20)17-8-2-4-11-12(6-8)19-14(21)18-11/h1-6H,(H,17,20)(H2,18,19,21). The summed E-state index contributed by atoms with van der Waals surface area (Å²) in [6, 6.07) is 10.1. The van der Waals surface area contributed by atoms with Crippen molar-refractivity contribution in [3.63, 3.8) is 0 Å². The van der Waals surface area contributed by atoms with E-state index in [1.54, 1.807) is 24.3 Å². The molecule has 0 fully saturated rings. The average molecular weight is 338 g/mol. The Hall–Kier alpha value is -1.82. The minimum atomic E-state index is -0.301.